The molecule has 1 heterocycles. The quantitative estimate of drug-likeness (QED) is 0.737. The number of nitrogens with one attached hydrogen (secondary N) is 2. The van der Waals surface area contributed by atoms with Crippen molar-refractivity contribution in [3.63, 3.8) is 0 Å². The zero-order valence-corrected chi connectivity index (χ0v) is 11.6. The molecule has 102 valence electrons. The van der Waals surface area contributed by atoms with Crippen molar-refractivity contribution >= 4 is 10.0 Å². The van der Waals surface area contributed by atoms with Gasteiger partial charge >= 0.3 is 0 Å². The van der Waals surface area contributed by atoms with Crippen LogP contribution < -0.4 is 14.8 Å². The Morgan fingerprint density at radius 1 is 1.44 bits per heavy atom. The van der Waals surface area contributed by atoms with Gasteiger partial charge in [-0.15, -0.1) is 0 Å². The number of hydrogen-bond acceptors (Lipinski definition) is 5. The van der Waals surface area contributed by atoms with Gasteiger partial charge in [0.15, 0.2) is 0 Å². The van der Waals surface area contributed by atoms with Crippen molar-refractivity contribution in [2.24, 2.45) is 0 Å². The standard InChI is InChI=1S/C11H19N3O3S/c1-9(6-12-2)18(15,16)14-8-10-4-5-11(17-3)13-7-10/h4-5,7,9,12,14H,6,8H2,1-3H3. The van der Waals surface area contributed by atoms with Crippen molar-refractivity contribution in [3.05, 3.63) is 23.9 Å². The molecule has 2 N–H and O–H groups in total. The smallest absolute Gasteiger partial charge is 0.215 e. The molecule has 0 aliphatic rings. The van der Waals surface area contributed by atoms with E-state index in [0.717, 1.165) is 5.56 Å². The van der Waals surface area contributed by atoms with Crippen molar-refractivity contribution in [3.8, 4) is 5.88 Å². The first-order chi connectivity index (χ1) is 8.49. The van der Waals surface area contributed by atoms with Crippen LogP contribution in [0.2, 0.25) is 0 Å². The van der Waals surface area contributed by atoms with Gasteiger partial charge < -0.3 is 10.1 Å². The molecule has 0 spiro atoms. The number of methoxy groups -OCH3 is 1. The molecule has 1 aromatic rings. The number of pyridine rings is 1. The third-order valence-corrected chi connectivity index (χ3v) is 4.28. The Morgan fingerprint density at radius 3 is 2.67 bits per heavy atom. The molecule has 0 radical (unpaired) electrons. The maximum atomic E-state index is 11.8. The topological polar surface area (TPSA) is 80.3 Å². The predicted molar refractivity (Wildman–Crippen MR) is 69.9 cm³/mol. The Balaban J connectivity index is 2.58. The van der Waals surface area contributed by atoms with E-state index in [-0.39, 0.29) is 6.54 Å². The minimum atomic E-state index is -3.31. The second-order valence-electron chi connectivity index (χ2n) is 3.94. The van der Waals surface area contributed by atoms with E-state index in [1.807, 2.05) is 0 Å². The Hall–Kier alpha value is -1.18. The molecular weight excluding hydrogens is 254 g/mol. The molecule has 0 saturated heterocycles. The molecule has 0 fully saturated rings. The van der Waals surface area contributed by atoms with Crippen LogP contribution in [0.15, 0.2) is 18.3 Å². The lowest BCUT2D eigenvalue weighted by Gasteiger charge is -2.13. The molecule has 1 rings (SSSR count). The van der Waals surface area contributed by atoms with E-state index in [1.165, 1.54) is 7.11 Å². The highest BCUT2D eigenvalue weighted by atomic mass is 32.2. The fraction of sp³-hybridized carbons (Fsp3) is 0.545. The largest absolute Gasteiger partial charge is 0.481 e. The van der Waals surface area contributed by atoms with E-state index in [2.05, 4.69) is 15.0 Å². The van der Waals surface area contributed by atoms with Gasteiger partial charge in [0.2, 0.25) is 15.9 Å². The third-order valence-electron chi connectivity index (χ3n) is 2.51. The molecule has 1 atom stereocenters. The Labute approximate surface area is 108 Å². The van der Waals surface area contributed by atoms with E-state index >= 15 is 0 Å². The van der Waals surface area contributed by atoms with Gasteiger partial charge in [-0.2, -0.15) is 0 Å². The number of ether oxygens (including phenoxy) is 1. The first kappa shape index (κ1) is 14.9. The van der Waals surface area contributed by atoms with Gasteiger partial charge in [0.25, 0.3) is 0 Å². The molecular formula is C11H19N3O3S. The highest BCUT2D eigenvalue weighted by Crippen LogP contribution is 2.07. The predicted octanol–water partition coefficient (Wildman–Crippen LogP) is 0.118. The fourth-order valence-corrected chi connectivity index (χ4v) is 2.40. The molecule has 7 heteroatoms. The highest BCUT2D eigenvalue weighted by molar-refractivity contribution is 7.90. The van der Waals surface area contributed by atoms with E-state index in [4.69, 9.17) is 4.74 Å². The molecule has 0 saturated carbocycles. The summed E-state index contributed by atoms with van der Waals surface area (Å²) in [6.45, 7) is 2.30. The van der Waals surface area contributed by atoms with Crippen molar-refractivity contribution in [1.29, 1.82) is 0 Å². The van der Waals surface area contributed by atoms with Gasteiger partial charge in [0.05, 0.1) is 12.4 Å². The average molecular weight is 273 g/mol. The minimum absolute atomic E-state index is 0.230. The van der Waals surface area contributed by atoms with Crippen LogP contribution in [0.25, 0.3) is 0 Å². The van der Waals surface area contributed by atoms with Crippen LogP contribution in [0.4, 0.5) is 0 Å². The second kappa shape index (κ2) is 6.67. The van der Waals surface area contributed by atoms with E-state index in [1.54, 1.807) is 32.3 Å². The van der Waals surface area contributed by atoms with E-state index in [9.17, 15) is 8.42 Å². The lowest BCUT2D eigenvalue weighted by molar-refractivity contribution is 0.397. The third kappa shape index (κ3) is 4.25. The number of hydrogen-bond donors (Lipinski definition) is 2. The van der Waals surface area contributed by atoms with Gasteiger partial charge in [-0.25, -0.2) is 18.1 Å². The molecule has 0 aromatic carbocycles. The summed E-state index contributed by atoms with van der Waals surface area (Å²) in [5, 5.41) is 2.36. The first-order valence-corrected chi connectivity index (χ1v) is 7.16. The van der Waals surface area contributed by atoms with Crippen LogP contribution in [0, 0.1) is 0 Å². The monoisotopic (exact) mass is 273 g/mol. The average Bonchev–Trinajstić information content (AvgIpc) is 2.37. The van der Waals surface area contributed by atoms with Crippen molar-refractivity contribution in [2.75, 3.05) is 20.7 Å². The van der Waals surface area contributed by atoms with Gasteiger partial charge in [0, 0.05) is 25.4 Å². The Morgan fingerprint density at radius 2 is 2.17 bits per heavy atom. The van der Waals surface area contributed by atoms with E-state index in [0.29, 0.717) is 12.4 Å². The number of nitrogens with zero attached hydrogens (tertiary/aromatic N) is 1. The van der Waals surface area contributed by atoms with Gasteiger partial charge in [-0.1, -0.05) is 6.07 Å². The number of aromatic nitrogens is 1. The summed E-state index contributed by atoms with van der Waals surface area (Å²) in [6, 6.07) is 3.47. The maximum Gasteiger partial charge on any atom is 0.215 e. The SMILES string of the molecule is CNCC(C)S(=O)(=O)NCc1ccc(OC)nc1. The molecule has 0 bridgehead atoms. The van der Waals surface area contributed by atoms with Crippen LogP contribution >= 0.6 is 0 Å². The number of rotatable bonds is 7. The minimum Gasteiger partial charge on any atom is -0.481 e. The Bertz CT molecular complexity index is 459. The van der Waals surface area contributed by atoms with Gasteiger partial charge in [-0.05, 0) is 19.5 Å². The summed E-state index contributed by atoms with van der Waals surface area (Å²) in [5.41, 5.74) is 0.788. The van der Waals surface area contributed by atoms with Gasteiger partial charge in [0.1, 0.15) is 0 Å². The van der Waals surface area contributed by atoms with Crippen molar-refractivity contribution < 1.29 is 13.2 Å². The zero-order chi connectivity index (χ0) is 13.6. The summed E-state index contributed by atoms with van der Waals surface area (Å²) in [7, 11) is -0.0543. The van der Waals surface area contributed by atoms with Crippen LogP contribution in [-0.2, 0) is 16.6 Å². The molecule has 6 nitrogen and oxygen atoms in total. The van der Waals surface area contributed by atoms with Crippen molar-refractivity contribution in [2.45, 2.75) is 18.7 Å². The highest BCUT2D eigenvalue weighted by Gasteiger charge is 2.19. The molecule has 0 amide bonds. The first-order valence-electron chi connectivity index (χ1n) is 5.61. The Kier molecular flexibility index (Phi) is 5.52. The number of sulfonamides is 1. The van der Waals surface area contributed by atoms with E-state index < -0.39 is 15.3 Å². The van der Waals surface area contributed by atoms with Gasteiger partial charge in [-0.3, -0.25) is 0 Å². The fourth-order valence-electron chi connectivity index (χ4n) is 1.36. The lowest BCUT2D eigenvalue weighted by Crippen LogP contribution is -2.37. The molecule has 18 heavy (non-hydrogen) atoms. The maximum absolute atomic E-state index is 11.8. The van der Waals surface area contributed by atoms with Crippen molar-refractivity contribution in [1.82, 2.24) is 15.0 Å². The van der Waals surface area contributed by atoms with Crippen LogP contribution in [0.5, 0.6) is 5.88 Å². The lowest BCUT2D eigenvalue weighted by atomic mass is 10.3. The summed E-state index contributed by atoms with van der Waals surface area (Å²) in [4.78, 5) is 4.01. The second-order valence-corrected chi connectivity index (χ2v) is 6.13. The molecule has 1 aromatic heterocycles. The zero-order valence-electron chi connectivity index (χ0n) is 10.8. The van der Waals surface area contributed by atoms with Crippen LogP contribution in [0.1, 0.15) is 12.5 Å². The summed E-state index contributed by atoms with van der Waals surface area (Å²) in [5.74, 6) is 0.505. The van der Waals surface area contributed by atoms with Crippen LogP contribution in [-0.4, -0.2) is 39.4 Å². The molecule has 0 aliphatic heterocycles. The molecule has 0 aliphatic carbocycles. The summed E-state index contributed by atoms with van der Waals surface area (Å²) < 4.78 is 31.1. The molecule has 1 unspecified atom stereocenters. The summed E-state index contributed by atoms with van der Waals surface area (Å²) >= 11 is 0. The normalized spacial score (nSPS) is 13.3. The summed E-state index contributed by atoms with van der Waals surface area (Å²) in [6.07, 6.45) is 1.59. The van der Waals surface area contributed by atoms with Crippen LogP contribution in [0.3, 0.4) is 0 Å².